The van der Waals surface area contributed by atoms with Crippen LogP contribution in [0.5, 0.6) is 0 Å². The predicted octanol–water partition coefficient (Wildman–Crippen LogP) is 2.67. The van der Waals surface area contributed by atoms with Gasteiger partial charge in [0.25, 0.3) is 0 Å². The standard InChI is InChI=1S/C12H8F3NO2/c13-7-5-6-3-4-16-8(1-2-9(17)18)10(6)12(15)11(7)14/h3-5H,1-2H2,(H,17,18). The van der Waals surface area contributed by atoms with E-state index in [1.54, 1.807) is 0 Å². The van der Waals surface area contributed by atoms with Crippen molar-refractivity contribution >= 4 is 16.7 Å². The Balaban J connectivity index is 2.61. The summed E-state index contributed by atoms with van der Waals surface area (Å²) in [6.07, 6.45) is 0.996. The Morgan fingerprint density at radius 1 is 1.28 bits per heavy atom. The first kappa shape index (κ1) is 12.3. The van der Waals surface area contributed by atoms with Crippen LogP contribution in [0, 0.1) is 17.5 Å². The van der Waals surface area contributed by atoms with Crippen LogP contribution >= 0.6 is 0 Å². The number of rotatable bonds is 3. The van der Waals surface area contributed by atoms with Crippen molar-refractivity contribution < 1.29 is 23.1 Å². The van der Waals surface area contributed by atoms with Gasteiger partial charge >= 0.3 is 5.97 Å². The van der Waals surface area contributed by atoms with Gasteiger partial charge in [-0.25, -0.2) is 13.2 Å². The molecule has 1 heterocycles. The van der Waals surface area contributed by atoms with Crippen molar-refractivity contribution in [2.45, 2.75) is 12.8 Å². The third kappa shape index (κ3) is 2.13. The van der Waals surface area contributed by atoms with Crippen molar-refractivity contribution in [3.05, 3.63) is 41.5 Å². The second kappa shape index (κ2) is 4.64. The summed E-state index contributed by atoms with van der Waals surface area (Å²) in [5.74, 6) is -5.27. The molecule has 94 valence electrons. The van der Waals surface area contributed by atoms with E-state index in [1.165, 1.54) is 12.3 Å². The van der Waals surface area contributed by atoms with E-state index in [0.717, 1.165) is 6.07 Å². The van der Waals surface area contributed by atoms with Crippen molar-refractivity contribution in [3.63, 3.8) is 0 Å². The fraction of sp³-hybridized carbons (Fsp3) is 0.167. The largest absolute Gasteiger partial charge is 0.481 e. The number of benzene rings is 1. The molecule has 3 nitrogen and oxygen atoms in total. The number of aliphatic carboxylic acids is 1. The van der Waals surface area contributed by atoms with E-state index in [0.29, 0.717) is 0 Å². The van der Waals surface area contributed by atoms with Gasteiger partial charge in [0.1, 0.15) is 0 Å². The molecule has 0 atom stereocenters. The highest BCUT2D eigenvalue weighted by atomic mass is 19.2. The van der Waals surface area contributed by atoms with Gasteiger partial charge in [-0.3, -0.25) is 9.78 Å². The highest BCUT2D eigenvalue weighted by Crippen LogP contribution is 2.25. The molecule has 0 unspecified atom stereocenters. The zero-order valence-corrected chi connectivity index (χ0v) is 9.08. The van der Waals surface area contributed by atoms with E-state index in [9.17, 15) is 18.0 Å². The second-order valence-corrected chi connectivity index (χ2v) is 3.74. The molecule has 1 aromatic carbocycles. The smallest absolute Gasteiger partial charge is 0.303 e. The van der Waals surface area contributed by atoms with Gasteiger partial charge in [-0.2, -0.15) is 0 Å². The fourth-order valence-corrected chi connectivity index (χ4v) is 1.73. The number of aryl methyl sites for hydroxylation is 1. The fourth-order valence-electron chi connectivity index (χ4n) is 1.73. The number of hydrogen-bond donors (Lipinski definition) is 1. The Morgan fingerprint density at radius 2 is 2.00 bits per heavy atom. The molecule has 0 aliphatic heterocycles. The van der Waals surface area contributed by atoms with Gasteiger partial charge in [0.05, 0.1) is 12.1 Å². The third-order valence-corrected chi connectivity index (χ3v) is 2.54. The van der Waals surface area contributed by atoms with E-state index < -0.39 is 23.4 Å². The summed E-state index contributed by atoms with van der Waals surface area (Å²) in [4.78, 5) is 14.3. The van der Waals surface area contributed by atoms with Gasteiger partial charge in [0.15, 0.2) is 17.5 Å². The number of carboxylic acid groups (broad SMARTS) is 1. The monoisotopic (exact) mass is 255 g/mol. The number of halogens is 3. The van der Waals surface area contributed by atoms with Crippen molar-refractivity contribution in [3.8, 4) is 0 Å². The minimum atomic E-state index is -1.58. The minimum Gasteiger partial charge on any atom is -0.481 e. The van der Waals surface area contributed by atoms with Gasteiger partial charge < -0.3 is 5.11 Å². The third-order valence-electron chi connectivity index (χ3n) is 2.54. The molecule has 0 saturated carbocycles. The van der Waals surface area contributed by atoms with Crippen LogP contribution in [0.4, 0.5) is 13.2 Å². The van der Waals surface area contributed by atoms with Crippen LogP contribution in [-0.2, 0) is 11.2 Å². The zero-order valence-electron chi connectivity index (χ0n) is 9.08. The molecule has 0 aliphatic carbocycles. The Labute approximate surface area is 99.9 Å². The molecular weight excluding hydrogens is 247 g/mol. The molecule has 18 heavy (non-hydrogen) atoms. The number of fused-ring (bicyclic) bond motifs is 1. The summed E-state index contributed by atoms with van der Waals surface area (Å²) < 4.78 is 39.8. The lowest BCUT2D eigenvalue weighted by Crippen LogP contribution is -2.02. The molecule has 0 spiro atoms. The number of carbonyl (C=O) groups is 1. The first-order valence-corrected chi connectivity index (χ1v) is 5.13. The van der Waals surface area contributed by atoms with E-state index in [2.05, 4.69) is 4.98 Å². The Hall–Kier alpha value is -2.11. The maximum atomic E-state index is 13.6. The average molecular weight is 255 g/mol. The molecule has 0 aliphatic rings. The van der Waals surface area contributed by atoms with Crippen LogP contribution in [0.1, 0.15) is 12.1 Å². The van der Waals surface area contributed by atoms with Crippen molar-refractivity contribution in [1.82, 2.24) is 4.98 Å². The summed E-state index contributed by atoms with van der Waals surface area (Å²) in [6, 6.07) is 2.20. The van der Waals surface area contributed by atoms with Crippen LogP contribution in [-0.4, -0.2) is 16.1 Å². The van der Waals surface area contributed by atoms with Gasteiger partial charge in [0, 0.05) is 18.0 Å². The van der Waals surface area contributed by atoms with E-state index in [4.69, 9.17) is 5.11 Å². The molecule has 0 bridgehead atoms. The first-order valence-electron chi connectivity index (χ1n) is 5.13. The van der Waals surface area contributed by atoms with Crippen LogP contribution < -0.4 is 0 Å². The molecule has 0 saturated heterocycles. The number of aromatic nitrogens is 1. The number of pyridine rings is 1. The topological polar surface area (TPSA) is 50.2 Å². The van der Waals surface area contributed by atoms with Crippen LogP contribution in [0.25, 0.3) is 10.8 Å². The Bertz CT molecular complexity index is 628. The molecule has 0 amide bonds. The number of carboxylic acids is 1. The minimum absolute atomic E-state index is 0.0470. The molecule has 0 fully saturated rings. The lowest BCUT2D eigenvalue weighted by molar-refractivity contribution is -0.136. The van der Waals surface area contributed by atoms with Gasteiger partial charge in [-0.15, -0.1) is 0 Å². The zero-order chi connectivity index (χ0) is 13.3. The van der Waals surface area contributed by atoms with E-state index in [-0.39, 0.29) is 29.3 Å². The molecule has 1 aromatic heterocycles. The van der Waals surface area contributed by atoms with Crippen LogP contribution in [0.3, 0.4) is 0 Å². The van der Waals surface area contributed by atoms with E-state index >= 15 is 0 Å². The maximum absolute atomic E-state index is 13.6. The summed E-state index contributed by atoms with van der Waals surface area (Å²) in [6.45, 7) is 0. The van der Waals surface area contributed by atoms with Gasteiger partial charge in [-0.1, -0.05) is 0 Å². The summed E-state index contributed by atoms with van der Waals surface area (Å²) >= 11 is 0. The first-order chi connectivity index (χ1) is 8.50. The highest BCUT2D eigenvalue weighted by molar-refractivity contribution is 5.85. The molecule has 6 heteroatoms. The maximum Gasteiger partial charge on any atom is 0.303 e. The quantitative estimate of drug-likeness (QED) is 0.858. The molecule has 2 rings (SSSR count). The summed E-state index contributed by atoms with van der Waals surface area (Å²) in [5, 5.41) is 8.54. The van der Waals surface area contributed by atoms with Gasteiger partial charge in [0.2, 0.25) is 0 Å². The Morgan fingerprint density at radius 3 is 2.67 bits per heavy atom. The highest BCUT2D eigenvalue weighted by Gasteiger charge is 2.17. The SMILES string of the molecule is O=C(O)CCc1nccc2cc(F)c(F)c(F)c12. The summed E-state index contributed by atoms with van der Waals surface area (Å²) in [5.41, 5.74) is 0.103. The lowest BCUT2D eigenvalue weighted by atomic mass is 10.1. The van der Waals surface area contributed by atoms with Crippen LogP contribution in [0.15, 0.2) is 18.3 Å². The average Bonchev–Trinajstić information content (AvgIpc) is 2.33. The van der Waals surface area contributed by atoms with Crippen molar-refractivity contribution in [1.29, 1.82) is 0 Å². The molecule has 2 aromatic rings. The van der Waals surface area contributed by atoms with Crippen molar-refractivity contribution in [2.75, 3.05) is 0 Å². The molecule has 0 radical (unpaired) electrons. The number of nitrogens with zero attached hydrogens (tertiary/aromatic N) is 1. The predicted molar refractivity (Wildman–Crippen MR) is 57.6 cm³/mol. The Kier molecular flexibility index (Phi) is 3.18. The normalized spacial score (nSPS) is 10.8. The van der Waals surface area contributed by atoms with Gasteiger partial charge in [-0.05, 0) is 17.5 Å². The lowest BCUT2D eigenvalue weighted by Gasteiger charge is -2.06. The van der Waals surface area contributed by atoms with E-state index in [1.807, 2.05) is 0 Å². The van der Waals surface area contributed by atoms with Crippen LogP contribution in [0.2, 0.25) is 0 Å². The number of hydrogen-bond acceptors (Lipinski definition) is 2. The second-order valence-electron chi connectivity index (χ2n) is 3.74. The summed E-state index contributed by atoms with van der Waals surface area (Å²) in [7, 11) is 0. The molecule has 1 N–H and O–H groups in total. The van der Waals surface area contributed by atoms with Crippen molar-refractivity contribution in [2.24, 2.45) is 0 Å². The molecular formula is C12H8F3NO2.